The van der Waals surface area contributed by atoms with E-state index in [9.17, 15) is 18.0 Å². The van der Waals surface area contributed by atoms with Gasteiger partial charge in [-0.2, -0.15) is 0 Å². The molecule has 0 spiro atoms. The van der Waals surface area contributed by atoms with Crippen LogP contribution in [0.2, 0.25) is 0 Å². The number of allylic oxidation sites excluding steroid dienone is 1. The van der Waals surface area contributed by atoms with E-state index in [2.05, 4.69) is 16.9 Å². The average molecular weight is 332 g/mol. The number of pyridine rings is 1. The lowest BCUT2D eigenvalue weighted by molar-refractivity contribution is -0.122. The van der Waals surface area contributed by atoms with Gasteiger partial charge in [-0.15, -0.1) is 0 Å². The number of fused-ring (bicyclic) bond motifs is 1. The Balaban J connectivity index is 1.76. The number of amides is 1. The molecule has 1 unspecified atom stereocenters. The Morgan fingerprint density at radius 3 is 2.83 bits per heavy atom. The largest absolute Gasteiger partial charge is 0.351 e. The van der Waals surface area contributed by atoms with Gasteiger partial charge in [-0.05, 0) is 36.1 Å². The number of benzene rings is 1. The third-order valence-corrected chi connectivity index (χ3v) is 4.17. The van der Waals surface area contributed by atoms with Gasteiger partial charge >= 0.3 is 0 Å². The van der Waals surface area contributed by atoms with E-state index in [1.165, 1.54) is 0 Å². The first-order valence-electron chi connectivity index (χ1n) is 7.52. The van der Waals surface area contributed by atoms with E-state index in [0.29, 0.717) is 18.5 Å². The lowest BCUT2D eigenvalue weighted by Gasteiger charge is -2.25. The van der Waals surface area contributed by atoms with Crippen molar-refractivity contribution in [1.29, 1.82) is 0 Å². The molecule has 124 valence electrons. The summed E-state index contributed by atoms with van der Waals surface area (Å²) < 4.78 is 39.8. The zero-order valence-electron chi connectivity index (χ0n) is 12.8. The van der Waals surface area contributed by atoms with Crippen molar-refractivity contribution in [1.82, 2.24) is 10.3 Å². The van der Waals surface area contributed by atoms with Crippen LogP contribution < -0.4 is 5.32 Å². The lowest BCUT2D eigenvalue weighted by atomic mass is 9.83. The molecular weight excluding hydrogens is 317 g/mol. The Labute approximate surface area is 137 Å². The van der Waals surface area contributed by atoms with Crippen LogP contribution >= 0.6 is 0 Å². The normalized spacial score (nSPS) is 16.6. The molecule has 1 N–H and O–H groups in total. The van der Waals surface area contributed by atoms with Gasteiger partial charge in [0, 0.05) is 18.3 Å². The fourth-order valence-electron chi connectivity index (χ4n) is 2.87. The number of hydrogen-bond acceptors (Lipinski definition) is 2. The first kappa shape index (κ1) is 16.2. The van der Waals surface area contributed by atoms with Gasteiger partial charge in [0.2, 0.25) is 5.91 Å². The second kappa shape index (κ2) is 6.47. The summed E-state index contributed by atoms with van der Waals surface area (Å²) in [6.45, 7) is 3.74. The van der Waals surface area contributed by atoms with Crippen LogP contribution in [0.4, 0.5) is 13.2 Å². The van der Waals surface area contributed by atoms with E-state index in [-0.39, 0.29) is 18.0 Å². The maximum atomic E-state index is 13.7. The first-order chi connectivity index (χ1) is 11.5. The van der Waals surface area contributed by atoms with Crippen molar-refractivity contribution in [3.8, 4) is 0 Å². The molecule has 1 heterocycles. The minimum absolute atomic E-state index is 0.103. The SMILES string of the molecule is C=C1CCC(C(=O)NCc2ccc(F)c(F)c2F)c2cccnc21. The maximum Gasteiger partial charge on any atom is 0.227 e. The minimum atomic E-state index is -1.54. The van der Waals surface area contributed by atoms with Gasteiger partial charge in [0.05, 0.1) is 11.6 Å². The number of nitrogens with one attached hydrogen (secondary N) is 1. The number of aromatic nitrogens is 1. The van der Waals surface area contributed by atoms with Gasteiger partial charge in [0.25, 0.3) is 0 Å². The van der Waals surface area contributed by atoms with E-state index < -0.39 is 23.4 Å². The standard InChI is InChI=1S/C18H15F3N2O/c1-10-4-6-13(12-3-2-8-22-17(10)12)18(24)23-9-11-5-7-14(19)16(21)15(11)20/h2-3,5,7-8,13H,1,4,6,9H2,(H,23,24). The molecule has 1 aromatic heterocycles. The number of hydrogen-bond donors (Lipinski definition) is 1. The Hall–Kier alpha value is -2.63. The van der Waals surface area contributed by atoms with Gasteiger partial charge in [-0.25, -0.2) is 13.2 Å². The number of carbonyl (C=O) groups is 1. The molecule has 1 amide bonds. The third kappa shape index (κ3) is 2.91. The van der Waals surface area contributed by atoms with Gasteiger partial charge in [-0.3, -0.25) is 9.78 Å². The summed E-state index contributed by atoms with van der Waals surface area (Å²) in [6, 6.07) is 5.51. The molecule has 6 heteroatoms. The van der Waals surface area contributed by atoms with Crippen LogP contribution in [0, 0.1) is 17.5 Å². The van der Waals surface area contributed by atoms with E-state index in [1.54, 1.807) is 12.3 Å². The van der Waals surface area contributed by atoms with Crippen molar-refractivity contribution in [2.45, 2.75) is 25.3 Å². The fraction of sp³-hybridized carbons (Fsp3) is 0.222. The summed E-state index contributed by atoms with van der Waals surface area (Å²) in [7, 11) is 0. The molecule has 0 aliphatic heterocycles. The quantitative estimate of drug-likeness (QED) is 0.871. The molecule has 1 aromatic carbocycles. The van der Waals surface area contributed by atoms with Crippen LogP contribution in [0.1, 0.15) is 35.6 Å². The molecule has 1 aliphatic carbocycles. The third-order valence-electron chi connectivity index (χ3n) is 4.17. The fourth-order valence-corrected chi connectivity index (χ4v) is 2.87. The molecule has 24 heavy (non-hydrogen) atoms. The van der Waals surface area contributed by atoms with Gasteiger partial charge < -0.3 is 5.32 Å². The van der Waals surface area contributed by atoms with Crippen molar-refractivity contribution < 1.29 is 18.0 Å². The Morgan fingerprint density at radius 1 is 1.25 bits per heavy atom. The summed E-state index contributed by atoms with van der Waals surface area (Å²) in [6.07, 6.45) is 2.85. The van der Waals surface area contributed by atoms with Crippen LogP contribution in [0.3, 0.4) is 0 Å². The van der Waals surface area contributed by atoms with Gasteiger partial charge in [0.15, 0.2) is 17.5 Å². The van der Waals surface area contributed by atoms with Gasteiger partial charge in [-0.1, -0.05) is 18.7 Å². The van der Waals surface area contributed by atoms with E-state index in [4.69, 9.17) is 0 Å². The van der Waals surface area contributed by atoms with Crippen molar-refractivity contribution in [3.05, 3.63) is 71.3 Å². The highest BCUT2D eigenvalue weighted by Crippen LogP contribution is 2.36. The molecule has 2 aromatic rings. The first-order valence-corrected chi connectivity index (χ1v) is 7.52. The van der Waals surface area contributed by atoms with Crippen molar-refractivity contribution in [3.63, 3.8) is 0 Å². The molecule has 3 rings (SSSR count). The van der Waals surface area contributed by atoms with Crippen LogP contribution in [-0.2, 0) is 11.3 Å². The Morgan fingerprint density at radius 2 is 2.04 bits per heavy atom. The molecule has 0 saturated carbocycles. The zero-order chi connectivity index (χ0) is 17.3. The lowest BCUT2D eigenvalue weighted by Crippen LogP contribution is -2.31. The summed E-state index contributed by atoms with van der Waals surface area (Å²) in [4.78, 5) is 16.7. The van der Waals surface area contributed by atoms with Crippen molar-refractivity contribution in [2.24, 2.45) is 0 Å². The van der Waals surface area contributed by atoms with E-state index in [0.717, 1.165) is 23.3 Å². The Kier molecular flexibility index (Phi) is 4.38. The number of halogens is 3. The molecule has 3 nitrogen and oxygen atoms in total. The second-order valence-corrected chi connectivity index (χ2v) is 5.69. The highest BCUT2D eigenvalue weighted by molar-refractivity contribution is 5.86. The summed E-state index contributed by atoms with van der Waals surface area (Å²) in [5.74, 6) is -4.80. The summed E-state index contributed by atoms with van der Waals surface area (Å²) >= 11 is 0. The van der Waals surface area contributed by atoms with E-state index >= 15 is 0 Å². The number of rotatable bonds is 3. The average Bonchev–Trinajstić information content (AvgIpc) is 2.59. The zero-order valence-corrected chi connectivity index (χ0v) is 12.8. The second-order valence-electron chi connectivity index (χ2n) is 5.69. The van der Waals surface area contributed by atoms with Crippen LogP contribution in [-0.4, -0.2) is 10.9 Å². The number of nitrogens with zero attached hydrogens (tertiary/aromatic N) is 1. The predicted octanol–water partition coefficient (Wildman–Crippen LogP) is 3.71. The molecule has 0 radical (unpaired) electrons. The maximum absolute atomic E-state index is 13.7. The molecule has 0 fully saturated rings. The molecule has 0 bridgehead atoms. The van der Waals surface area contributed by atoms with Crippen LogP contribution in [0.25, 0.3) is 5.57 Å². The Bertz CT molecular complexity index is 820. The van der Waals surface area contributed by atoms with Crippen molar-refractivity contribution >= 4 is 11.5 Å². The highest BCUT2D eigenvalue weighted by Gasteiger charge is 2.28. The monoisotopic (exact) mass is 332 g/mol. The summed E-state index contributed by atoms with van der Waals surface area (Å²) in [5, 5.41) is 2.59. The molecular formula is C18H15F3N2O. The highest BCUT2D eigenvalue weighted by atomic mass is 19.2. The van der Waals surface area contributed by atoms with Crippen LogP contribution in [0.5, 0.6) is 0 Å². The predicted molar refractivity (Wildman–Crippen MR) is 83.4 cm³/mol. The van der Waals surface area contributed by atoms with E-state index in [1.807, 2.05) is 6.07 Å². The van der Waals surface area contributed by atoms with Gasteiger partial charge in [0.1, 0.15) is 0 Å². The minimum Gasteiger partial charge on any atom is -0.351 e. The van der Waals surface area contributed by atoms with Crippen molar-refractivity contribution in [2.75, 3.05) is 0 Å². The summed E-state index contributed by atoms with van der Waals surface area (Å²) in [5.41, 5.74) is 2.26. The molecule has 1 aliphatic rings. The topological polar surface area (TPSA) is 42.0 Å². The number of carbonyl (C=O) groups excluding carboxylic acids is 1. The molecule has 1 atom stereocenters. The van der Waals surface area contributed by atoms with Crippen LogP contribution in [0.15, 0.2) is 37.0 Å². The smallest absolute Gasteiger partial charge is 0.227 e. The molecule has 0 saturated heterocycles.